The standard InChI is InChI=1S/C19H25N5O3/c1-23(2)18-16(13-20-19(22-18)24-8-10-27-11-9-24)21-17(25)12-14-4-6-15(26-3)7-5-14/h4-7,13H,8-12H2,1-3H3,(H,21,25). The highest BCUT2D eigenvalue weighted by molar-refractivity contribution is 5.94. The van der Waals surface area contributed by atoms with E-state index in [1.807, 2.05) is 43.3 Å². The lowest BCUT2D eigenvalue weighted by Gasteiger charge is -2.28. The van der Waals surface area contributed by atoms with Crippen LogP contribution in [0.3, 0.4) is 0 Å². The number of amides is 1. The van der Waals surface area contributed by atoms with Crippen molar-refractivity contribution in [1.29, 1.82) is 0 Å². The maximum Gasteiger partial charge on any atom is 0.228 e. The summed E-state index contributed by atoms with van der Waals surface area (Å²) in [6, 6.07) is 7.44. The first-order valence-corrected chi connectivity index (χ1v) is 8.86. The van der Waals surface area contributed by atoms with Crippen molar-refractivity contribution in [2.75, 3.05) is 62.6 Å². The van der Waals surface area contributed by atoms with Gasteiger partial charge in [0.05, 0.1) is 32.9 Å². The first-order chi connectivity index (χ1) is 13.1. The maximum atomic E-state index is 12.5. The number of morpholine rings is 1. The van der Waals surface area contributed by atoms with E-state index in [4.69, 9.17) is 9.47 Å². The first-order valence-electron chi connectivity index (χ1n) is 8.86. The van der Waals surface area contributed by atoms with Gasteiger partial charge in [0.2, 0.25) is 11.9 Å². The summed E-state index contributed by atoms with van der Waals surface area (Å²) in [6.07, 6.45) is 1.93. The monoisotopic (exact) mass is 371 g/mol. The minimum Gasteiger partial charge on any atom is -0.497 e. The van der Waals surface area contributed by atoms with Crippen LogP contribution in [0.15, 0.2) is 30.5 Å². The molecule has 3 rings (SSSR count). The molecule has 0 saturated carbocycles. The van der Waals surface area contributed by atoms with Crippen LogP contribution in [0.5, 0.6) is 5.75 Å². The summed E-state index contributed by atoms with van der Waals surface area (Å²) in [5.41, 5.74) is 1.50. The van der Waals surface area contributed by atoms with Crippen LogP contribution >= 0.6 is 0 Å². The van der Waals surface area contributed by atoms with Crippen molar-refractivity contribution in [2.24, 2.45) is 0 Å². The van der Waals surface area contributed by atoms with Gasteiger partial charge in [-0.1, -0.05) is 12.1 Å². The van der Waals surface area contributed by atoms with Crippen LogP contribution in [0.25, 0.3) is 0 Å². The number of hydrogen-bond donors (Lipinski definition) is 1. The predicted molar refractivity (Wildman–Crippen MR) is 105 cm³/mol. The predicted octanol–water partition coefficient (Wildman–Crippen LogP) is 1.57. The molecule has 0 radical (unpaired) electrons. The molecule has 1 N–H and O–H groups in total. The van der Waals surface area contributed by atoms with Crippen molar-refractivity contribution in [3.63, 3.8) is 0 Å². The molecule has 8 heteroatoms. The van der Waals surface area contributed by atoms with Crippen LogP contribution in [0.1, 0.15) is 5.56 Å². The average Bonchev–Trinajstić information content (AvgIpc) is 2.69. The van der Waals surface area contributed by atoms with E-state index in [0.717, 1.165) is 24.4 Å². The topological polar surface area (TPSA) is 79.8 Å². The molecule has 8 nitrogen and oxygen atoms in total. The Bertz CT molecular complexity index is 773. The second-order valence-electron chi connectivity index (χ2n) is 6.47. The quantitative estimate of drug-likeness (QED) is 0.826. The Morgan fingerprint density at radius 1 is 1.26 bits per heavy atom. The van der Waals surface area contributed by atoms with E-state index in [9.17, 15) is 4.79 Å². The lowest BCUT2D eigenvalue weighted by molar-refractivity contribution is -0.115. The molecular formula is C19H25N5O3. The normalized spacial score (nSPS) is 14.0. The van der Waals surface area contributed by atoms with E-state index in [0.29, 0.717) is 30.7 Å². The number of nitrogens with one attached hydrogen (secondary N) is 1. The minimum absolute atomic E-state index is 0.119. The number of aromatic nitrogens is 2. The summed E-state index contributed by atoms with van der Waals surface area (Å²) >= 11 is 0. The Hall–Kier alpha value is -2.87. The lowest BCUT2D eigenvalue weighted by atomic mass is 10.1. The molecule has 2 aromatic rings. The Morgan fingerprint density at radius 2 is 1.96 bits per heavy atom. The second kappa shape index (κ2) is 8.68. The number of benzene rings is 1. The van der Waals surface area contributed by atoms with Crippen molar-refractivity contribution < 1.29 is 14.3 Å². The van der Waals surface area contributed by atoms with E-state index in [1.165, 1.54) is 0 Å². The van der Waals surface area contributed by atoms with Crippen molar-refractivity contribution in [2.45, 2.75) is 6.42 Å². The van der Waals surface area contributed by atoms with E-state index in [-0.39, 0.29) is 12.3 Å². The highest BCUT2D eigenvalue weighted by Gasteiger charge is 2.18. The Balaban J connectivity index is 1.71. The highest BCUT2D eigenvalue weighted by Crippen LogP contribution is 2.24. The molecule has 144 valence electrons. The number of methoxy groups -OCH3 is 1. The van der Waals surface area contributed by atoms with E-state index < -0.39 is 0 Å². The molecule has 1 amide bonds. The zero-order valence-electron chi connectivity index (χ0n) is 15.9. The molecule has 1 aromatic carbocycles. The molecule has 0 atom stereocenters. The van der Waals surface area contributed by atoms with Gasteiger partial charge in [0, 0.05) is 27.2 Å². The molecule has 1 saturated heterocycles. The Kier molecular flexibility index (Phi) is 6.08. The molecule has 2 heterocycles. The van der Waals surface area contributed by atoms with Crippen LogP contribution in [0, 0.1) is 0 Å². The summed E-state index contributed by atoms with van der Waals surface area (Å²) < 4.78 is 10.5. The fraction of sp³-hybridized carbons (Fsp3) is 0.421. The van der Waals surface area contributed by atoms with Gasteiger partial charge in [-0.05, 0) is 17.7 Å². The first kappa shape index (κ1) is 18.9. The maximum absolute atomic E-state index is 12.5. The molecule has 1 fully saturated rings. The molecule has 0 unspecified atom stereocenters. The fourth-order valence-corrected chi connectivity index (χ4v) is 2.83. The minimum atomic E-state index is -0.119. The number of carbonyl (C=O) groups excluding carboxylic acids is 1. The molecule has 0 bridgehead atoms. The molecular weight excluding hydrogens is 346 g/mol. The van der Waals surface area contributed by atoms with Gasteiger partial charge in [0.15, 0.2) is 5.82 Å². The van der Waals surface area contributed by atoms with Gasteiger partial charge in [-0.25, -0.2) is 4.98 Å². The van der Waals surface area contributed by atoms with Crippen LogP contribution in [-0.4, -0.2) is 63.4 Å². The SMILES string of the molecule is COc1ccc(CC(=O)Nc2cnc(N3CCOCC3)nc2N(C)C)cc1. The third-order valence-corrected chi connectivity index (χ3v) is 4.27. The number of rotatable bonds is 6. The molecule has 0 spiro atoms. The highest BCUT2D eigenvalue weighted by atomic mass is 16.5. The Labute approximate surface area is 159 Å². The summed E-state index contributed by atoms with van der Waals surface area (Å²) in [5, 5.41) is 2.92. The van der Waals surface area contributed by atoms with Crippen LogP contribution in [0.4, 0.5) is 17.5 Å². The van der Waals surface area contributed by atoms with Crippen molar-refractivity contribution in [3.8, 4) is 5.75 Å². The number of ether oxygens (including phenoxy) is 2. The zero-order chi connectivity index (χ0) is 19.2. The smallest absolute Gasteiger partial charge is 0.228 e. The van der Waals surface area contributed by atoms with E-state index in [2.05, 4.69) is 20.2 Å². The molecule has 0 aliphatic carbocycles. The lowest BCUT2D eigenvalue weighted by Crippen LogP contribution is -2.37. The van der Waals surface area contributed by atoms with Gasteiger partial charge in [0.1, 0.15) is 11.4 Å². The summed E-state index contributed by atoms with van der Waals surface area (Å²) in [4.78, 5) is 25.5. The number of carbonyl (C=O) groups is 1. The third kappa shape index (κ3) is 4.85. The second-order valence-corrected chi connectivity index (χ2v) is 6.47. The Morgan fingerprint density at radius 3 is 2.59 bits per heavy atom. The van der Waals surface area contributed by atoms with Crippen molar-refractivity contribution in [3.05, 3.63) is 36.0 Å². The van der Waals surface area contributed by atoms with Crippen LogP contribution in [0.2, 0.25) is 0 Å². The number of nitrogens with zero attached hydrogens (tertiary/aromatic N) is 4. The van der Waals surface area contributed by atoms with E-state index in [1.54, 1.807) is 13.3 Å². The summed E-state index contributed by atoms with van der Waals surface area (Å²) in [5.74, 6) is 1.97. The van der Waals surface area contributed by atoms with Gasteiger partial charge >= 0.3 is 0 Å². The van der Waals surface area contributed by atoms with E-state index >= 15 is 0 Å². The molecule has 1 aliphatic heterocycles. The number of hydrogen-bond acceptors (Lipinski definition) is 7. The number of anilines is 3. The van der Waals surface area contributed by atoms with Gasteiger partial charge in [-0.3, -0.25) is 4.79 Å². The van der Waals surface area contributed by atoms with Crippen LogP contribution in [-0.2, 0) is 16.0 Å². The van der Waals surface area contributed by atoms with Crippen LogP contribution < -0.4 is 19.9 Å². The van der Waals surface area contributed by atoms with Crippen molar-refractivity contribution >= 4 is 23.4 Å². The zero-order valence-corrected chi connectivity index (χ0v) is 15.9. The van der Waals surface area contributed by atoms with Gasteiger partial charge in [-0.15, -0.1) is 0 Å². The largest absolute Gasteiger partial charge is 0.497 e. The summed E-state index contributed by atoms with van der Waals surface area (Å²) in [7, 11) is 5.40. The van der Waals surface area contributed by atoms with Gasteiger partial charge in [-0.2, -0.15) is 4.98 Å². The summed E-state index contributed by atoms with van der Waals surface area (Å²) in [6.45, 7) is 2.86. The third-order valence-electron chi connectivity index (χ3n) is 4.27. The fourth-order valence-electron chi connectivity index (χ4n) is 2.83. The van der Waals surface area contributed by atoms with Gasteiger partial charge < -0.3 is 24.6 Å². The average molecular weight is 371 g/mol. The van der Waals surface area contributed by atoms with Crippen molar-refractivity contribution in [1.82, 2.24) is 9.97 Å². The van der Waals surface area contributed by atoms with Gasteiger partial charge in [0.25, 0.3) is 0 Å². The molecule has 27 heavy (non-hydrogen) atoms. The molecule has 1 aliphatic rings. The molecule has 1 aromatic heterocycles.